The SMILES string of the molecule is CCOCCCC1([SiH3])CCCCC1. The molecule has 1 nitrogen and oxygen atoms in total. The molecule has 0 unspecified atom stereocenters. The van der Waals surface area contributed by atoms with E-state index in [4.69, 9.17) is 4.74 Å². The van der Waals surface area contributed by atoms with Crippen molar-refractivity contribution in [3.8, 4) is 0 Å². The molecule has 0 atom stereocenters. The molecule has 1 aliphatic rings. The highest BCUT2D eigenvalue weighted by molar-refractivity contribution is 6.15. The van der Waals surface area contributed by atoms with E-state index in [0.29, 0.717) is 0 Å². The fourth-order valence-electron chi connectivity index (χ4n) is 2.40. The average molecular weight is 200 g/mol. The minimum atomic E-state index is 0.787. The molecule has 0 N–H and O–H groups in total. The van der Waals surface area contributed by atoms with Crippen molar-refractivity contribution >= 4 is 10.2 Å². The molecule has 1 saturated carbocycles. The van der Waals surface area contributed by atoms with E-state index in [-0.39, 0.29) is 0 Å². The minimum absolute atomic E-state index is 0.787. The standard InChI is InChI=1S/C11H24OSi/c1-2-12-10-6-9-11(13)7-4-3-5-8-11/h2-10H2,1,13H3. The third kappa shape index (κ3) is 4.27. The second kappa shape index (κ2) is 5.81. The summed E-state index contributed by atoms with van der Waals surface area (Å²) < 4.78 is 5.38. The number of ether oxygens (including phenoxy) is 1. The number of hydrogen-bond donors (Lipinski definition) is 0. The Morgan fingerprint density at radius 3 is 2.54 bits per heavy atom. The smallest absolute Gasteiger partial charge is 0.0465 e. The molecule has 0 heterocycles. The Morgan fingerprint density at radius 1 is 1.23 bits per heavy atom. The van der Waals surface area contributed by atoms with Crippen molar-refractivity contribution in [2.75, 3.05) is 13.2 Å². The summed E-state index contributed by atoms with van der Waals surface area (Å²) in [4.78, 5) is 0. The van der Waals surface area contributed by atoms with Gasteiger partial charge in [-0.1, -0.05) is 32.1 Å². The van der Waals surface area contributed by atoms with Crippen LogP contribution < -0.4 is 0 Å². The van der Waals surface area contributed by atoms with Gasteiger partial charge in [-0.15, -0.1) is 0 Å². The molecule has 78 valence electrons. The Kier molecular flexibility index (Phi) is 5.03. The second-order valence-corrected chi connectivity index (χ2v) is 6.79. The van der Waals surface area contributed by atoms with Crippen LogP contribution in [0.3, 0.4) is 0 Å². The summed E-state index contributed by atoms with van der Waals surface area (Å²) in [5.41, 5.74) is 0. The molecule has 0 spiro atoms. The molecule has 1 rings (SSSR count). The van der Waals surface area contributed by atoms with E-state index in [2.05, 4.69) is 6.92 Å². The monoisotopic (exact) mass is 200 g/mol. The molecule has 1 fully saturated rings. The van der Waals surface area contributed by atoms with Gasteiger partial charge in [0.25, 0.3) is 0 Å². The van der Waals surface area contributed by atoms with Crippen LogP contribution in [0.15, 0.2) is 0 Å². The first-order valence-electron chi connectivity index (χ1n) is 5.85. The first kappa shape index (κ1) is 11.3. The Bertz CT molecular complexity index is 130. The highest BCUT2D eigenvalue weighted by Gasteiger charge is 2.25. The van der Waals surface area contributed by atoms with Gasteiger partial charge in [0.1, 0.15) is 0 Å². The Labute approximate surface area is 85.7 Å². The van der Waals surface area contributed by atoms with Crippen LogP contribution in [0.1, 0.15) is 51.9 Å². The molecular formula is C11H24OSi. The van der Waals surface area contributed by atoms with Crippen molar-refractivity contribution in [2.45, 2.75) is 56.9 Å². The average Bonchev–Trinajstić information content (AvgIpc) is 2.14. The lowest BCUT2D eigenvalue weighted by Gasteiger charge is -2.33. The molecule has 2 heteroatoms. The van der Waals surface area contributed by atoms with Crippen LogP contribution in [-0.4, -0.2) is 23.5 Å². The van der Waals surface area contributed by atoms with Crippen LogP contribution in [0.25, 0.3) is 0 Å². The largest absolute Gasteiger partial charge is 0.382 e. The summed E-state index contributed by atoms with van der Waals surface area (Å²) in [6.45, 7) is 3.95. The lowest BCUT2D eigenvalue weighted by molar-refractivity contribution is 0.138. The first-order chi connectivity index (χ1) is 6.27. The first-order valence-corrected chi connectivity index (χ1v) is 6.85. The highest BCUT2D eigenvalue weighted by atomic mass is 28.1. The fraction of sp³-hybridized carbons (Fsp3) is 1.00. The summed E-state index contributed by atoms with van der Waals surface area (Å²) in [5.74, 6) is 0. The minimum Gasteiger partial charge on any atom is -0.382 e. The maximum atomic E-state index is 5.38. The Hall–Kier alpha value is 0.177. The quantitative estimate of drug-likeness (QED) is 0.489. The maximum absolute atomic E-state index is 5.38. The van der Waals surface area contributed by atoms with Crippen LogP contribution in [0.4, 0.5) is 0 Å². The van der Waals surface area contributed by atoms with Gasteiger partial charge in [-0.3, -0.25) is 0 Å². The third-order valence-corrected chi connectivity index (χ3v) is 4.83. The summed E-state index contributed by atoms with van der Waals surface area (Å²) >= 11 is 0. The predicted octanol–water partition coefficient (Wildman–Crippen LogP) is 2.29. The van der Waals surface area contributed by atoms with Gasteiger partial charge in [-0.25, -0.2) is 0 Å². The van der Waals surface area contributed by atoms with Crippen LogP contribution in [0.2, 0.25) is 5.04 Å². The molecule has 0 bridgehead atoms. The van der Waals surface area contributed by atoms with Gasteiger partial charge in [0.2, 0.25) is 0 Å². The van der Waals surface area contributed by atoms with Crippen molar-refractivity contribution in [3.63, 3.8) is 0 Å². The highest BCUT2D eigenvalue weighted by Crippen LogP contribution is 2.43. The molecule has 0 saturated heterocycles. The molecule has 1 aliphatic carbocycles. The van der Waals surface area contributed by atoms with E-state index in [9.17, 15) is 0 Å². The molecule has 0 aromatic rings. The lowest BCUT2D eigenvalue weighted by Crippen LogP contribution is -2.17. The zero-order valence-electron chi connectivity index (χ0n) is 9.27. The predicted molar refractivity (Wildman–Crippen MR) is 61.4 cm³/mol. The summed E-state index contributed by atoms with van der Waals surface area (Å²) in [7, 11) is 1.39. The lowest BCUT2D eigenvalue weighted by atomic mass is 9.85. The van der Waals surface area contributed by atoms with Gasteiger partial charge < -0.3 is 4.74 Å². The van der Waals surface area contributed by atoms with Crippen molar-refractivity contribution in [3.05, 3.63) is 0 Å². The molecular weight excluding hydrogens is 176 g/mol. The summed E-state index contributed by atoms with van der Waals surface area (Å²) in [5, 5.41) is 0.787. The van der Waals surface area contributed by atoms with Gasteiger partial charge in [-0.2, -0.15) is 0 Å². The van der Waals surface area contributed by atoms with Gasteiger partial charge >= 0.3 is 0 Å². The number of hydrogen-bond acceptors (Lipinski definition) is 1. The summed E-state index contributed by atoms with van der Waals surface area (Å²) in [6, 6.07) is 0. The van der Waals surface area contributed by atoms with E-state index in [1.165, 1.54) is 55.2 Å². The van der Waals surface area contributed by atoms with E-state index in [0.717, 1.165) is 18.3 Å². The van der Waals surface area contributed by atoms with E-state index >= 15 is 0 Å². The Balaban J connectivity index is 2.10. The summed E-state index contributed by atoms with van der Waals surface area (Å²) in [6.07, 6.45) is 10.2. The fourth-order valence-corrected chi connectivity index (χ4v) is 3.46. The molecule has 0 radical (unpaired) electrons. The molecule has 0 amide bonds. The van der Waals surface area contributed by atoms with Gasteiger partial charge in [0, 0.05) is 23.5 Å². The third-order valence-electron chi connectivity index (χ3n) is 3.33. The van der Waals surface area contributed by atoms with Crippen molar-refractivity contribution in [1.82, 2.24) is 0 Å². The normalized spacial score (nSPS) is 21.9. The molecule has 0 aliphatic heterocycles. The van der Waals surface area contributed by atoms with Crippen LogP contribution in [-0.2, 0) is 4.74 Å². The number of rotatable bonds is 5. The second-order valence-electron chi connectivity index (χ2n) is 4.67. The maximum Gasteiger partial charge on any atom is 0.0465 e. The van der Waals surface area contributed by atoms with E-state index in [1.54, 1.807) is 0 Å². The van der Waals surface area contributed by atoms with Crippen molar-refractivity contribution in [2.24, 2.45) is 0 Å². The molecule has 0 aromatic heterocycles. The molecule has 0 aromatic carbocycles. The topological polar surface area (TPSA) is 9.23 Å². The van der Waals surface area contributed by atoms with Crippen LogP contribution in [0.5, 0.6) is 0 Å². The van der Waals surface area contributed by atoms with E-state index < -0.39 is 0 Å². The van der Waals surface area contributed by atoms with Gasteiger partial charge in [-0.05, 0) is 24.8 Å². The van der Waals surface area contributed by atoms with Crippen LogP contribution >= 0.6 is 0 Å². The van der Waals surface area contributed by atoms with Gasteiger partial charge in [0.05, 0.1) is 0 Å². The van der Waals surface area contributed by atoms with E-state index in [1.807, 2.05) is 0 Å². The Morgan fingerprint density at radius 2 is 1.92 bits per heavy atom. The molecule has 13 heavy (non-hydrogen) atoms. The van der Waals surface area contributed by atoms with Gasteiger partial charge in [0.15, 0.2) is 0 Å². The zero-order chi connectivity index (χ0) is 9.57. The van der Waals surface area contributed by atoms with Crippen molar-refractivity contribution < 1.29 is 4.74 Å². The van der Waals surface area contributed by atoms with Crippen molar-refractivity contribution in [1.29, 1.82) is 0 Å². The van der Waals surface area contributed by atoms with Crippen LogP contribution in [0, 0.1) is 0 Å². The zero-order valence-corrected chi connectivity index (χ0v) is 11.3.